The van der Waals surface area contributed by atoms with Crippen LogP contribution in [-0.2, 0) is 10.9 Å². The van der Waals surface area contributed by atoms with Gasteiger partial charge in [0.05, 0.1) is 17.7 Å². The number of methoxy groups -OCH3 is 1. The highest BCUT2D eigenvalue weighted by atomic mass is 19.4. The second-order valence-electron chi connectivity index (χ2n) is 5.58. The summed E-state index contributed by atoms with van der Waals surface area (Å²) in [6, 6.07) is 0.159. The van der Waals surface area contributed by atoms with E-state index in [-0.39, 0.29) is 11.5 Å². The molecular weight excluding hydrogens is 281 g/mol. The molecule has 1 heterocycles. The Labute approximate surface area is 122 Å². The molecule has 0 spiro atoms. The van der Waals surface area contributed by atoms with Crippen LogP contribution in [0, 0.1) is 5.92 Å². The Kier molecular flexibility index (Phi) is 5.22. The van der Waals surface area contributed by atoms with E-state index in [4.69, 9.17) is 10.5 Å². The molecule has 1 aromatic heterocycles. The molecular formula is C15H21F3N2O. The van der Waals surface area contributed by atoms with Crippen LogP contribution in [0.4, 0.5) is 13.2 Å². The van der Waals surface area contributed by atoms with Gasteiger partial charge < -0.3 is 10.5 Å². The van der Waals surface area contributed by atoms with Crippen LogP contribution in [0.3, 0.4) is 0 Å². The number of alkyl halides is 3. The molecule has 21 heavy (non-hydrogen) atoms. The Morgan fingerprint density at radius 1 is 1.29 bits per heavy atom. The number of hydrogen-bond donors (Lipinski definition) is 1. The standard InChI is InChI=1S/C15H21F3N2O/c1-21-14(10-5-3-2-4-6-10)13(19)11-9-20-8-7-12(11)15(16,17)18/h7-10,13-14H,2-6,19H2,1H3. The van der Waals surface area contributed by atoms with E-state index in [1.165, 1.54) is 19.7 Å². The normalized spacial score (nSPS) is 20.2. The largest absolute Gasteiger partial charge is 0.416 e. The van der Waals surface area contributed by atoms with Gasteiger partial charge in [-0.2, -0.15) is 13.2 Å². The first-order valence-electron chi connectivity index (χ1n) is 7.24. The van der Waals surface area contributed by atoms with Gasteiger partial charge in [-0.25, -0.2) is 0 Å². The first-order chi connectivity index (χ1) is 9.95. The summed E-state index contributed by atoms with van der Waals surface area (Å²) >= 11 is 0. The van der Waals surface area contributed by atoms with Crippen molar-refractivity contribution in [3.63, 3.8) is 0 Å². The first-order valence-corrected chi connectivity index (χ1v) is 7.24. The molecule has 2 N–H and O–H groups in total. The van der Waals surface area contributed by atoms with Gasteiger partial charge in [-0.1, -0.05) is 19.3 Å². The van der Waals surface area contributed by atoms with E-state index in [2.05, 4.69) is 4.98 Å². The minimum absolute atomic E-state index is 0.0161. The molecule has 1 aromatic rings. The molecule has 1 saturated carbocycles. The summed E-state index contributed by atoms with van der Waals surface area (Å²) < 4.78 is 44.7. The third-order valence-electron chi connectivity index (χ3n) is 4.26. The van der Waals surface area contributed by atoms with Crippen molar-refractivity contribution in [1.29, 1.82) is 0 Å². The molecule has 0 aliphatic heterocycles. The molecule has 3 nitrogen and oxygen atoms in total. The zero-order chi connectivity index (χ0) is 15.5. The number of nitrogens with zero attached hydrogens (tertiary/aromatic N) is 1. The number of nitrogens with two attached hydrogens (primary N) is 1. The zero-order valence-electron chi connectivity index (χ0n) is 12.1. The van der Waals surface area contributed by atoms with Crippen molar-refractivity contribution in [1.82, 2.24) is 4.98 Å². The average molecular weight is 302 g/mol. The minimum Gasteiger partial charge on any atom is -0.379 e. The zero-order valence-corrected chi connectivity index (χ0v) is 12.1. The molecule has 1 aliphatic carbocycles. The topological polar surface area (TPSA) is 48.1 Å². The van der Waals surface area contributed by atoms with Crippen LogP contribution in [0.2, 0.25) is 0 Å². The Morgan fingerprint density at radius 3 is 2.52 bits per heavy atom. The van der Waals surface area contributed by atoms with E-state index in [0.29, 0.717) is 0 Å². The van der Waals surface area contributed by atoms with Gasteiger partial charge in [0.25, 0.3) is 0 Å². The number of rotatable bonds is 4. The Balaban J connectivity index is 2.27. The lowest BCUT2D eigenvalue weighted by atomic mass is 9.80. The Morgan fingerprint density at radius 2 is 1.95 bits per heavy atom. The molecule has 1 aliphatic rings. The highest BCUT2D eigenvalue weighted by Gasteiger charge is 2.38. The third kappa shape index (κ3) is 3.74. The SMILES string of the molecule is COC(C1CCCCC1)C(N)c1cnccc1C(F)(F)F. The molecule has 6 heteroatoms. The number of hydrogen-bond acceptors (Lipinski definition) is 3. The molecule has 0 radical (unpaired) electrons. The number of pyridine rings is 1. The number of halogens is 3. The van der Waals surface area contributed by atoms with Crippen LogP contribution < -0.4 is 5.73 Å². The maximum absolute atomic E-state index is 13.1. The Hall–Kier alpha value is -1.14. The first kappa shape index (κ1) is 16.2. The van der Waals surface area contributed by atoms with Crippen LogP contribution in [0.1, 0.15) is 49.3 Å². The van der Waals surface area contributed by atoms with E-state index in [9.17, 15) is 13.2 Å². The van der Waals surface area contributed by atoms with Gasteiger partial charge in [-0.3, -0.25) is 4.98 Å². The van der Waals surface area contributed by atoms with Crippen molar-refractivity contribution in [3.8, 4) is 0 Å². The highest BCUT2D eigenvalue weighted by molar-refractivity contribution is 5.30. The smallest absolute Gasteiger partial charge is 0.379 e. The summed E-state index contributed by atoms with van der Waals surface area (Å²) in [6.45, 7) is 0. The monoisotopic (exact) mass is 302 g/mol. The predicted octanol–water partition coefficient (Wildman–Crippen LogP) is 3.70. The summed E-state index contributed by atoms with van der Waals surface area (Å²) in [6.07, 6.45) is 2.75. The van der Waals surface area contributed by atoms with Crippen molar-refractivity contribution >= 4 is 0 Å². The second-order valence-corrected chi connectivity index (χ2v) is 5.58. The molecule has 0 bridgehead atoms. The van der Waals surface area contributed by atoms with Crippen molar-refractivity contribution < 1.29 is 17.9 Å². The number of aromatic nitrogens is 1. The van der Waals surface area contributed by atoms with Gasteiger partial charge in [-0.05, 0) is 24.8 Å². The van der Waals surface area contributed by atoms with Gasteiger partial charge in [0.2, 0.25) is 0 Å². The molecule has 118 valence electrons. The maximum atomic E-state index is 13.1. The van der Waals surface area contributed by atoms with Crippen molar-refractivity contribution in [3.05, 3.63) is 29.6 Å². The second kappa shape index (κ2) is 6.75. The van der Waals surface area contributed by atoms with Crippen molar-refractivity contribution in [2.45, 2.75) is 50.4 Å². The van der Waals surface area contributed by atoms with Crippen LogP contribution in [-0.4, -0.2) is 18.2 Å². The fourth-order valence-corrected chi connectivity index (χ4v) is 3.20. The number of ether oxygens (including phenoxy) is 1. The quantitative estimate of drug-likeness (QED) is 0.922. The average Bonchev–Trinajstić information content (AvgIpc) is 2.48. The fourth-order valence-electron chi connectivity index (χ4n) is 3.20. The molecule has 1 fully saturated rings. The molecule has 0 amide bonds. The van der Waals surface area contributed by atoms with Crippen molar-refractivity contribution in [2.75, 3.05) is 7.11 Å². The van der Waals surface area contributed by atoms with Crippen LogP contribution >= 0.6 is 0 Å². The summed E-state index contributed by atoms with van der Waals surface area (Å²) in [7, 11) is 1.52. The van der Waals surface area contributed by atoms with Crippen LogP contribution in [0.5, 0.6) is 0 Å². The summed E-state index contributed by atoms with van der Waals surface area (Å²) in [5, 5.41) is 0. The third-order valence-corrected chi connectivity index (χ3v) is 4.26. The lowest BCUT2D eigenvalue weighted by Gasteiger charge is -2.34. The summed E-state index contributed by atoms with van der Waals surface area (Å²) in [5.41, 5.74) is 5.41. The molecule has 2 rings (SSSR count). The van der Waals surface area contributed by atoms with Crippen molar-refractivity contribution in [2.24, 2.45) is 11.7 Å². The van der Waals surface area contributed by atoms with E-state index in [1.807, 2.05) is 0 Å². The minimum atomic E-state index is -4.43. The van der Waals surface area contributed by atoms with E-state index < -0.39 is 23.9 Å². The molecule has 2 atom stereocenters. The van der Waals surface area contributed by atoms with E-state index in [1.54, 1.807) is 0 Å². The van der Waals surface area contributed by atoms with Gasteiger partial charge in [0.15, 0.2) is 0 Å². The van der Waals surface area contributed by atoms with Crippen LogP contribution in [0.25, 0.3) is 0 Å². The summed E-state index contributed by atoms with van der Waals surface area (Å²) in [4.78, 5) is 3.81. The maximum Gasteiger partial charge on any atom is 0.416 e. The van der Waals surface area contributed by atoms with Gasteiger partial charge >= 0.3 is 6.18 Å². The fraction of sp³-hybridized carbons (Fsp3) is 0.667. The summed E-state index contributed by atoms with van der Waals surface area (Å²) in [5.74, 6) is 0.208. The van der Waals surface area contributed by atoms with Gasteiger partial charge in [-0.15, -0.1) is 0 Å². The molecule has 2 unspecified atom stereocenters. The van der Waals surface area contributed by atoms with E-state index in [0.717, 1.165) is 37.9 Å². The molecule has 0 aromatic carbocycles. The molecule has 0 saturated heterocycles. The van der Waals surface area contributed by atoms with Crippen LogP contribution in [0.15, 0.2) is 18.5 Å². The lowest BCUT2D eigenvalue weighted by Crippen LogP contribution is -2.37. The predicted molar refractivity (Wildman–Crippen MR) is 73.5 cm³/mol. The lowest BCUT2D eigenvalue weighted by molar-refractivity contribution is -0.138. The van der Waals surface area contributed by atoms with E-state index >= 15 is 0 Å². The Bertz CT molecular complexity index is 458. The van der Waals surface area contributed by atoms with Gasteiger partial charge in [0.1, 0.15) is 0 Å². The highest BCUT2D eigenvalue weighted by Crippen LogP contribution is 2.38. The van der Waals surface area contributed by atoms with Gasteiger partial charge in [0, 0.05) is 25.1 Å².